The summed E-state index contributed by atoms with van der Waals surface area (Å²) in [6, 6.07) is -0.206. The number of aromatic nitrogens is 2. The van der Waals surface area contributed by atoms with Crippen molar-refractivity contribution < 1.29 is 9.26 Å². The molecule has 1 aliphatic heterocycles. The lowest BCUT2D eigenvalue weighted by atomic mass is 10.2. The van der Waals surface area contributed by atoms with Gasteiger partial charge in [0.2, 0.25) is 11.7 Å². The molecule has 0 saturated carbocycles. The highest BCUT2D eigenvalue weighted by Gasteiger charge is 2.23. The molecule has 1 saturated heterocycles. The predicted octanol–water partition coefficient (Wildman–Crippen LogP) is 0.941. The average molecular weight is 183 g/mol. The van der Waals surface area contributed by atoms with Crippen LogP contribution in [-0.2, 0) is 4.74 Å². The maximum atomic E-state index is 5.59. The summed E-state index contributed by atoms with van der Waals surface area (Å²) in [5, 5.41) is 3.83. The van der Waals surface area contributed by atoms with E-state index >= 15 is 0 Å². The van der Waals surface area contributed by atoms with Gasteiger partial charge in [-0.05, 0) is 19.8 Å². The highest BCUT2D eigenvalue weighted by atomic mass is 16.5. The van der Waals surface area contributed by atoms with Crippen molar-refractivity contribution in [2.24, 2.45) is 5.73 Å². The molecule has 5 nitrogen and oxygen atoms in total. The standard InChI is InChI=1S/C8H13N3O2/c1-5(9)8-10-7(11-13-8)6-3-2-4-12-6/h5-6H,2-4,9H2,1H3/t5-,6?/m1/s1. The third-order valence-electron chi connectivity index (χ3n) is 2.06. The lowest BCUT2D eigenvalue weighted by Crippen LogP contribution is -2.06. The van der Waals surface area contributed by atoms with Crippen LogP contribution in [0.4, 0.5) is 0 Å². The summed E-state index contributed by atoms with van der Waals surface area (Å²) in [6.07, 6.45) is 2.04. The van der Waals surface area contributed by atoms with Gasteiger partial charge in [0, 0.05) is 6.61 Å². The summed E-state index contributed by atoms with van der Waals surface area (Å²) >= 11 is 0. The Kier molecular flexibility index (Phi) is 2.28. The van der Waals surface area contributed by atoms with E-state index in [0.29, 0.717) is 11.7 Å². The molecule has 72 valence electrons. The zero-order valence-corrected chi connectivity index (χ0v) is 7.56. The Balaban J connectivity index is 2.12. The first-order valence-electron chi connectivity index (χ1n) is 4.48. The molecule has 2 N–H and O–H groups in total. The van der Waals surface area contributed by atoms with Crippen molar-refractivity contribution >= 4 is 0 Å². The Morgan fingerprint density at radius 3 is 3.00 bits per heavy atom. The third kappa shape index (κ3) is 1.71. The van der Waals surface area contributed by atoms with Crippen LogP contribution < -0.4 is 5.73 Å². The van der Waals surface area contributed by atoms with E-state index in [2.05, 4.69) is 10.1 Å². The molecule has 1 unspecified atom stereocenters. The Bertz CT molecular complexity index is 279. The molecule has 0 spiro atoms. The first-order chi connectivity index (χ1) is 6.27. The Labute approximate surface area is 76.3 Å². The van der Waals surface area contributed by atoms with Gasteiger partial charge in [0.05, 0.1) is 6.04 Å². The van der Waals surface area contributed by atoms with Crippen molar-refractivity contribution in [1.29, 1.82) is 0 Å². The first kappa shape index (κ1) is 8.65. The predicted molar refractivity (Wildman–Crippen MR) is 44.8 cm³/mol. The van der Waals surface area contributed by atoms with Crippen LogP contribution in [-0.4, -0.2) is 16.7 Å². The van der Waals surface area contributed by atoms with Crippen LogP contribution >= 0.6 is 0 Å². The molecular weight excluding hydrogens is 170 g/mol. The van der Waals surface area contributed by atoms with E-state index in [0.717, 1.165) is 19.4 Å². The van der Waals surface area contributed by atoms with Crippen LogP contribution in [0.15, 0.2) is 4.52 Å². The fourth-order valence-corrected chi connectivity index (χ4v) is 1.34. The molecule has 0 aliphatic carbocycles. The fourth-order valence-electron chi connectivity index (χ4n) is 1.34. The smallest absolute Gasteiger partial charge is 0.243 e. The molecule has 1 aromatic heterocycles. The normalized spacial score (nSPS) is 24.9. The zero-order chi connectivity index (χ0) is 9.26. The Morgan fingerprint density at radius 2 is 2.46 bits per heavy atom. The largest absolute Gasteiger partial charge is 0.370 e. The minimum absolute atomic E-state index is 0.0104. The molecule has 0 bridgehead atoms. The molecule has 0 amide bonds. The number of hydrogen-bond acceptors (Lipinski definition) is 5. The molecular formula is C8H13N3O2. The van der Waals surface area contributed by atoms with Gasteiger partial charge in [-0.3, -0.25) is 0 Å². The van der Waals surface area contributed by atoms with E-state index in [1.165, 1.54) is 0 Å². The SMILES string of the molecule is C[C@@H](N)c1nc(C2CCCO2)no1. The zero-order valence-electron chi connectivity index (χ0n) is 7.56. The molecule has 2 atom stereocenters. The molecule has 13 heavy (non-hydrogen) atoms. The lowest BCUT2D eigenvalue weighted by molar-refractivity contribution is 0.103. The van der Waals surface area contributed by atoms with Gasteiger partial charge in [-0.1, -0.05) is 5.16 Å². The van der Waals surface area contributed by atoms with E-state index in [1.807, 2.05) is 6.92 Å². The van der Waals surface area contributed by atoms with Gasteiger partial charge in [-0.2, -0.15) is 4.98 Å². The Hall–Kier alpha value is -0.940. The van der Waals surface area contributed by atoms with Crippen LogP contribution in [0.2, 0.25) is 0 Å². The monoisotopic (exact) mass is 183 g/mol. The second kappa shape index (κ2) is 3.43. The van der Waals surface area contributed by atoms with Crippen molar-refractivity contribution in [3.63, 3.8) is 0 Å². The van der Waals surface area contributed by atoms with Gasteiger partial charge in [0.15, 0.2) is 0 Å². The molecule has 2 heterocycles. The summed E-state index contributed by atoms with van der Waals surface area (Å²) in [4.78, 5) is 4.16. The molecule has 0 radical (unpaired) electrons. The summed E-state index contributed by atoms with van der Waals surface area (Å²) in [5.74, 6) is 1.11. The second-order valence-electron chi connectivity index (χ2n) is 3.28. The molecule has 1 fully saturated rings. The first-order valence-corrected chi connectivity index (χ1v) is 4.48. The van der Waals surface area contributed by atoms with Crippen LogP contribution in [0, 0.1) is 0 Å². The molecule has 5 heteroatoms. The Morgan fingerprint density at radius 1 is 1.62 bits per heavy atom. The van der Waals surface area contributed by atoms with Crippen molar-refractivity contribution in [2.45, 2.75) is 31.9 Å². The topological polar surface area (TPSA) is 74.2 Å². The quantitative estimate of drug-likeness (QED) is 0.738. The van der Waals surface area contributed by atoms with Crippen molar-refractivity contribution in [1.82, 2.24) is 10.1 Å². The fraction of sp³-hybridized carbons (Fsp3) is 0.750. The van der Waals surface area contributed by atoms with E-state index in [-0.39, 0.29) is 12.1 Å². The van der Waals surface area contributed by atoms with Gasteiger partial charge >= 0.3 is 0 Å². The maximum absolute atomic E-state index is 5.59. The van der Waals surface area contributed by atoms with Crippen molar-refractivity contribution in [2.75, 3.05) is 6.61 Å². The van der Waals surface area contributed by atoms with Crippen molar-refractivity contribution in [3.8, 4) is 0 Å². The van der Waals surface area contributed by atoms with Crippen molar-refractivity contribution in [3.05, 3.63) is 11.7 Å². The van der Waals surface area contributed by atoms with Gasteiger partial charge in [0.25, 0.3) is 0 Å². The van der Waals surface area contributed by atoms with Gasteiger partial charge in [0.1, 0.15) is 6.10 Å². The van der Waals surface area contributed by atoms with Crippen LogP contribution in [0.3, 0.4) is 0 Å². The minimum Gasteiger partial charge on any atom is -0.370 e. The third-order valence-corrected chi connectivity index (χ3v) is 2.06. The lowest BCUT2D eigenvalue weighted by Gasteiger charge is -2.01. The van der Waals surface area contributed by atoms with E-state index in [1.54, 1.807) is 0 Å². The van der Waals surface area contributed by atoms with Crippen LogP contribution in [0.1, 0.15) is 43.6 Å². The average Bonchev–Trinajstić information content (AvgIpc) is 2.75. The summed E-state index contributed by atoms with van der Waals surface area (Å²) in [5.41, 5.74) is 5.59. The number of nitrogens with two attached hydrogens (primary N) is 1. The number of rotatable bonds is 2. The van der Waals surface area contributed by atoms with E-state index in [9.17, 15) is 0 Å². The summed E-state index contributed by atoms with van der Waals surface area (Å²) in [6.45, 7) is 2.60. The maximum Gasteiger partial charge on any atom is 0.243 e. The highest BCUT2D eigenvalue weighted by Crippen LogP contribution is 2.26. The highest BCUT2D eigenvalue weighted by molar-refractivity contribution is 4.95. The van der Waals surface area contributed by atoms with Crippen LogP contribution in [0.5, 0.6) is 0 Å². The molecule has 1 aliphatic rings. The summed E-state index contributed by atoms with van der Waals surface area (Å²) < 4.78 is 10.4. The summed E-state index contributed by atoms with van der Waals surface area (Å²) in [7, 11) is 0. The number of nitrogens with zero attached hydrogens (tertiary/aromatic N) is 2. The van der Waals surface area contributed by atoms with E-state index in [4.69, 9.17) is 15.0 Å². The van der Waals surface area contributed by atoms with Crippen LogP contribution in [0.25, 0.3) is 0 Å². The number of ether oxygens (including phenoxy) is 1. The van der Waals surface area contributed by atoms with Gasteiger partial charge in [-0.15, -0.1) is 0 Å². The van der Waals surface area contributed by atoms with Gasteiger partial charge in [-0.25, -0.2) is 0 Å². The molecule has 2 rings (SSSR count). The number of hydrogen-bond donors (Lipinski definition) is 1. The molecule has 1 aromatic rings. The van der Waals surface area contributed by atoms with E-state index < -0.39 is 0 Å². The van der Waals surface area contributed by atoms with Gasteiger partial charge < -0.3 is 15.0 Å². The second-order valence-corrected chi connectivity index (χ2v) is 3.28. The molecule has 0 aromatic carbocycles. The minimum atomic E-state index is -0.206.